The lowest BCUT2D eigenvalue weighted by molar-refractivity contribution is -0.149. The zero-order chi connectivity index (χ0) is 80.0. The van der Waals surface area contributed by atoms with Crippen molar-refractivity contribution in [3.63, 3.8) is 0 Å². The molecule has 5 aromatic carbocycles. The second-order valence-corrected chi connectivity index (χ2v) is 29.2. The molecule has 10 atom stereocenters. The Balaban J connectivity index is 1.08. The van der Waals surface area contributed by atoms with Crippen molar-refractivity contribution in [1.29, 1.82) is 0 Å². The number of carboxylic acids is 1. The highest BCUT2D eigenvalue weighted by Crippen LogP contribution is 2.44. The van der Waals surface area contributed by atoms with Crippen molar-refractivity contribution in [2.75, 3.05) is 45.9 Å². The summed E-state index contributed by atoms with van der Waals surface area (Å²) in [7, 11) is 0. The first-order valence-electron chi connectivity index (χ1n) is 39.4. The molecule has 1 saturated heterocycles. The first kappa shape index (κ1) is 88.1. The Morgan fingerprint density at radius 3 is 1.04 bits per heavy atom. The molecule has 0 unspecified atom stereocenters. The van der Waals surface area contributed by atoms with Crippen LogP contribution < -0.4 is 76.5 Å². The SMILES string of the molecule is CC(C)C[C@H](NC(=O)[C@H](CCCCN)NC(=O)[C@H](CCCCN)NC(=O)[C@H](CCCCN)NC(=O)[C@H](CCCCN)NC(=O)[C@H](CCCCN)NC(=O)[C@@H](Cc1ccccc1)NC(=O)[C@H](Cc1ccccc1)NC(=O)OCC1c2ccccc2-c2ccccc21)C(=O)N[C@H](Cc1ccccc1)C(=O)N1CCC[C@H]1C(=O)O. The number of aliphatic carboxylic acids is 1. The first-order chi connectivity index (χ1) is 53.7. The number of fused-ring (bicyclic) bond motifs is 3. The van der Waals surface area contributed by atoms with Gasteiger partial charge in [0.05, 0.1) is 0 Å². The number of hydrogen-bond donors (Lipinski definition) is 15. The molecule has 28 heteroatoms. The van der Waals surface area contributed by atoms with E-state index in [2.05, 4.69) is 47.9 Å². The molecule has 602 valence electrons. The van der Waals surface area contributed by atoms with Gasteiger partial charge in [0.15, 0.2) is 0 Å². The van der Waals surface area contributed by atoms with Gasteiger partial charge in [0, 0.05) is 31.7 Å². The lowest BCUT2D eigenvalue weighted by Gasteiger charge is -2.30. The standard InChI is InChI=1S/C83H117N15O13/c1-54(2)49-68(78(104)96-71(52-57-31-10-5-11-32-57)81(107)98-48-26-42-72(98)82(108)109)94-77(103)67(41-20-25-47-88)92-75(101)65(39-18-23-45-86)90-73(99)63(37-16-21-43-84)89-74(100)64(38-17-22-44-85)91-76(102)66(40-19-24-46-87)93-79(105)69(50-55-27-6-3-7-28-55)95-80(106)70(51-56-29-8-4-9-30-56)97-83(110)111-53-62-60-35-14-12-33-58(60)59-34-13-15-36-61(59)62/h3-15,27-36,54,62-72H,16-26,37-53,84-88H2,1-2H3,(H,89,100)(H,90,99)(H,91,102)(H,92,101)(H,93,105)(H,94,103)(H,95,106)(H,96,104)(H,97,110)(H,108,109)/t63-,64-,65-,66-,67-,68-,69+,70-,71+,72-/m0/s1. The number of carboxylic acid groups (broad SMARTS) is 1. The summed E-state index contributed by atoms with van der Waals surface area (Å²) in [6.07, 6.45) is 4.20. The molecule has 0 aromatic heterocycles. The third-order valence-corrected chi connectivity index (χ3v) is 20.1. The molecule has 1 aliphatic heterocycles. The smallest absolute Gasteiger partial charge is 0.407 e. The van der Waals surface area contributed by atoms with E-state index in [1.165, 1.54) is 4.90 Å². The van der Waals surface area contributed by atoms with Crippen molar-refractivity contribution in [2.45, 2.75) is 215 Å². The minimum absolute atomic E-state index is 0.0140. The minimum Gasteiger partial charge on any atom is -0.480 e. The second-order valence-electron chi connectivity index (χ2n) is 29.2. The van der Waals surface area contributed by atoms with Crippen molar-refractivity contribution in [1.82, 2.24) is 52.8 Å². The van der Waals surface area contributed by atoms with Gasteiger partial charge >= 0.3 is 12.1 Å². The van der Waals surface area contributed by atoms with Gasteiger partial charge < -0.3 is 91.3 Å². The fourth-order valence-electron chi connectivity index (χ4n) is 14.1. The summed E-state index contributed by atoms with van der Waals surface area (Å²) in [4.78, 5) is 160. The molecule has 0 bridgehead atoms. The Hall–Kier alpha value is -10.1. The molecule has 10 amide bonds. The van der Waals surface area contributed by atoms with Gasteiger partial charge in [-0.2, -0.15) is 0 Å². The number of likely N-dealkylation sites (tertiary alicyclic amines) is 1. The van der Waals surface area contributed by atoms with Gasteiger partial charge in [-0.25, -0.2) is 9.59 Å². The van der Waals surface area contributed by atoms with Crippen molar-refractivity contribution >= 4 is 65.2 Å². The van der Waals surface area contributed by atoms with Gasteiger partial charge in [0.2, 0.25) is 53.2 Å². The van der Waals surface area contributed by atoms with Crippen LogP contribution in [0.4, 0.5) is 4.79 Å². The van der Waals surface area contributed by atoms with Crippen LogP contribution in [-0.2, 0) is 71.9 Å². The summed E-state index contributed by atoms with van der Waals surface area (Å²) in [6, 6.07) is 30.1. The Morgan fingerprint density at radius 2 is 0.685 bits per heavy atom. The van der Waals surface area contributed by atoms with E-state index in [-0.39, 0.29) is 122 Å². The number of nitrogens with one attached hydrogen (secondary N) is 9. The van der Waals surface area contributed by atoms with E-state index in [9.17, 15) is 53.1 Å². The molecule has 7 rings (SSSR count). The maximum atomic E-state index is 15.0. The summed E-state index contributed by atoms with van der Waals surface area (Å²) in [6.45, 7) is 5.12. The normalized spacial score (nSPS) is 15.5. The monoisotopic (exact) mass is 1530 g/mol. The zero-order valence-electron chi connectivity index (χ0n) is 64.2. The first-order valence-corrected chi connectivity index (χ1v) is 39.4. The number of nitrogens with two attached hydrogens (primary N) is 5. The molecule has 1 heterocycles. The highest BCUT2D eigenvalue weighted by molar-refractivity contribution is 5.99. The van der Waals surface area contributed by atoms with Crippen molar-refractivity contribution in [2.24, 2.45) is 34.6 Å². The average Bonchev–Trinajstić information content (AvgIpc) is 1.62. The number of ether oxygens (including phenoxy) is 1. The molecule has 20 N–H and O–H groups in total. The van der Waals surface area contributed by atoms with Crippen molar-refractivity contribution < 1.29 is 62.6 Å². The van der Waals surface area contributed by atoms with Crippen LogP contribution in [0.1, 0.15) is 163 Å². The summed E-state index contributed by atoms with van der Waals surface area (Å²) in [5, 5.41) is 35.6. The minimum atomic E-state index is -1.33. The van der Waals surface area contributed by atoms with Crippen LogP contribution in [0.5, 0.6) is 0 Å². The Morgan fingerprint density at radius 1 is 0.387 bits per heavy atom. The van der Waals surface area contributed by atoms with Crippen molar-refractivity contribution in [3.8, 4) is 11.1 Å². The summed E-state index contributed by atoms with van der Waals surface area (Å²) in [5.41, 5.74) is 35.9. The van der Waals surface area contributed by atoms with Gasteiger partial charge in [-0.15, -0.1) is 0 Å². The van der Waals surface area contributed by atoms with Gasteiger partial charge in [0.25, 0.3) is 0 Å². The number of carbonyl (C=O) groups is 11. The summed E-state index contributed by atoms with van der Waals surface area (Å²) >= 11 is 0. The summed E-state index contributed by atoms with van der Waals surface area (Å²) < 4.78 is 5.92. The maximum absolute atomic E-state index is 15.0. The topological polar surface area (TPSA) is 459 Å². The van der Waals surface area contributed by atoms with Gasteiger partial charge in [-0.1, -0.05) is 153 Å². The van der Waals surface area contributed by atoms with Gasteiger partial charge in [-0.3, -0.25) is 43.2 Å². The lowest BCUT2D eigenvalue weighted by Crippen LogP contribution is -2.61. The molecule has 0 saturated carbocycles. The largest absolute Gasteiger partial charge is 0.480 e. The van der Waals surface area contributed by atoms with Crippen LogP contribution in [0, 0.1) is 5.92 Å². The van der Waals surface area contributed by atoms with Crippen LogP contribution >= 0.6 is 0 Å². The van der Waals surface area contributed by atoms with E-state index in [0.29, 0.717) is 87.3 Å². The molecule has 2 aliphatic rings. The van der Waals surface area contributed by atoms with Gasteiger partial charge in [-0.05, 0) is 193 Å². The number of unbranched alkanes of at least 4 members (excludes halogenated alkanes) is 5. The quantitative estimate of drug-likeness (QED) is 0.0242. The number of amides is 10. The van der Waals surface area contributed by atoms with Gasteiger partial charge in [0.1, 0.15) is 67.0 Å². The van der Waals surface area contributed by atoms with Crippen LogP contribution in [0.15, 0.2) is 140 Å². The number of carbonyl (C=O) groups excluding carboxylic acids is 10. The number of rotatable bonds is 49. The van der Waals surface area contributed by atoms with Crippen LogP contribution in [0.25, 0.3) is 11.1 Å². The lowest BCUT2D eigenvalue weighted by atomic mass is 9.98. The van der Waals surface area contributed by atoms with Crippen LogP contribution in [0.3, 0.4) is 0 Å². The molecule has 5 aromatic rings. The number of benzene rings is 5. The fourth-order valence-corrected chi connectivity index (χ4v) is 14.1. The van der Waals surface area contributed by atoms with E-state index in [0.717, 1.165) is 22.3 Å². The Kier molecular flexibility index (Phi) is 37.4. The third-order valence-electron chi connectivity index (χ3n) is 20.1. The summed E-state index contributed by atoms with van der Waals surface area (Å²) in [5.74, 6) is -8.11. The molecule has 28 nitrogen and oxygen atoms in total. The number of nitrogens with zero attached hydrogens (tertiary/aromatic N) is 1. The van der Waals surface area contributed by atoms with E-state index in [1.54, 1.807) is 84.9 Å². The predicted octanol–water partition coefficient (Wildman–Crippen LogP) is 4.27. The van der Waals surface area contributed by atoms with E-state index in [4.69, 9.17) is 33.4 Å². The maximum Gasteiger partial charge on any atom is 0.407 e. The second kappa shape index (κ2) is 47.2. The number of alkyl carbamates (subject to hydrolysis) is 1. The molecular weight excluding hydrogens is 1420 g/mol. The Bertz CT molecular complexity index is 3760. The molecule has 1 aliphatic carbocycles. The predicted molar refractivity (Wildman–Crippen MR) is 424 cm³/mol. The molecule has 111 heavy (non-hydrogen) atoms. The van der Waals surface area contributed by atoms with E-state index >= 15 is 4.79 Å². The molecule has 0 spiro atoms. The number of hydrogen-bond acceptors (Lipinski definition) is 17. The Labute approximate surface area is 651 Å². The average molecular weight is 1530 g/mol. The molecule has 1 fully saturated rings. The van der Waals surface area contributed by atoms with Crippen molar-refractivity contribution in [3.05, 3.63) is 167 Å². The fraction of sp³-hybridized carbons (Fsp3) is 0.506. The highest BCUT2D eigenvalue weighted by Gasteiger charge is 2.41. The van der Waals surface area contributed by atoms with E-state index in [1.807, 2.05) is 68.4 Å². The third kappa shape index (κ3) is 28.3. The van der Waals surface area contributed by atoms with Crippen LogP contribution in [0.2, 0.25) is 0 Å². The highest BCUT2D eigenvalue weighted by atomic mass is 16.5. The molecule has 0 radical (unpaired) electrons. The van der Waals surface area contributed by atoms with E-state index < -0.39 is 126 Å². The molecular formula is C83H117N15O13. The van der Waals surface area contributed by atoms with Crippen LogP contribution in [-0.4, -0.2) is 182 Å². The zero-order valence-corrected chi connectivity index (χ0v) is 64.2.